The topological polar surface area (TPSA) is 55.1 Å². The molecule has 5 heteroatoms. The summed E-state index contributed by atoms with van der Waals surface area (Å²) in [5.41, 5.74) is 9.50. The van der Waals surface area contributed by atoms with Crippen molar-refractivity contribution in [2.45, 2.75) is 39.3 Å². The maximum absolute atomic E-state index is 12.0. The van der Waals surface area contributed by atoms with E-state index in [0.717, 1.165) is 11.3 Å². The molecule has 0 saturated heterocycles. The first-order chi connectivity index (χ1) is 8.97. The Morgan fingerprint density at radius 1 is 1.40 bits per heavy atom. The SMILES string of the molecule is CSCC[C@H](N)C(=O)NC(C)c1cccc(C)c1C.Cl. The van der Waals surface area contributed by atoms with E-state index >= 15 is 0 Å². The minimum atomic E-state index is -0.417. The molecular weight excluding hydrogens is 292 g/mol. The van der Waals surface area contributed by atoms with E-state index in [9.17, 15) is 4.79 Å². The molecule has 1 aromatic carbocycles. The highest BCUT2D eigenvalue weighted by Crippen LogP contribution is 2.20. The monoisotopic (exact) mass is 316 g/mol. The number of nitrogens with two attached hydrogens (primary N) is 1. The van der Waals surface area contributed by atoms with Gasteiger partial charge in [0.1, 0.15) is 0 Å². The van der Waals surface area contributed by atoms with Crippen molar-refractivity contribution in [3.8, 4) is 0 Å². The first-order valence-electron chi connectivity index (χ1n) is 6.58. The normalized spacial score (nSPS) is 13.2. The van der Waals surface area contributed by atoms with Crippen LogP contribution in [-0.2, 0) is 4.79 Å². The third-order valence-corrected chi connectivity index (χ3v) is 4.09. The van der Waals surface area contributed by atoms with E-state index in [1.807, 2.05) is 19.2 Å². The lowest BCUT2D eigenvalue weighted by Gasteiger charge is -2.20. The number of hydrogen-bond acceptors (Lipinski definition) is 3. The fraction of sp³-hybridized carbons (Fsp3) is 0.533. The molecule has 3 N–H and O–H groups in total. The Morgan fingerprint density at radius 2 is 2.05 bits per heavy atom. The number of halogens is 1. The van der Waals surface area contributed by atoms with Gasteiger partial charge in [-0.2, -0.15) is 11.8 Å². The quantitative estimate of drug-likeness (QED) is 0.848. The number of aryl methyl sites for hydroxylation is 1. The molecule has 0 aliphatic heterocycles. The van der Waals surface area contributed by atoms with Crippen LogP contribution in [0, 0.1) is 13.8 Å². The summed E-state index contributed by atoms with van der Waals surface area (Å²) in [6.45, 7) is 6.17. The fourth-order valence-electron chi connectivity index (χ4n) is 2.02. The molecule has 0 aliphatic rings. The van der Waals surface area contributed by atoms with Crippen molar-refractivity contribution in [2.75, 3.05) is 12.0 Å². The van der Waals surface area contributed by atoms with Crippen LogP contribution in [0.1, 0.15) is 36.1 Å². The third kappa shape index (κ3) is 5.35. The van der Waals surface area contributed by atoms with Crippen LogP contribution in [0.15, 0.2) is 18.2 Å². The summed E-state index contributed by atoms with van der Waals surface area (Å²) in [4.78, 5) is 12.0. The van der Waals surface area contributed by atoms with Gasteiger partial charge in [0.25, 0.3) is 0 Å². The summed E-state index contributed by atoms with van der Waals surface area (Å²) in [5.74, 6) is 0.842. The van der Waals surface area contributed by atoms with Crippen LogP contribution in [0.5, 0.6) is 0 Å². The minimum Gasteiger partial charge on any atom is -0.348 e. The number of carbonyl (C=O) groups excluding carboxylic acids is 1. The largest absolute Gasteiger partial charge is 0.348 e. The smallest absolute Gasteiger partial charge is 0.237 e. The molecule has 0 heterocycles. The Kier molecular flexibility index (Phi) is 8.94. The average molecular weight is 317 g/mol. The molecule has 114 valence electrons. The predicted octanol–water partition coefficient (Wildman–Crippen LogP) is 2.98. The van der Waals surface area contributed by atoms with Crippen molar-refractivity contribution in [2.24, 2.45) is 5.73 Å². The predicted molar refractivity (Wildman–Crippen MR) is 90.7 cm³/mol. The number of thioether (sulfide) groups is 1. The van der Waals surface area contributed by atoms with Gasteiger partial charge in [0.2, 0.25) is 5.91 Å². The van der Waals surface area contributed by atoms with E-state index in [2.05, 4.69) is 31.3 Å². The van der Waals surface area contributed by atoms with Crippen molar-refractivity contribution < 1.29 is 4.79 Å². The Morgan fingerprint density at radius 3 is 2.65 bits per heavy atom. The molecule has 0 aliphatic carbocycles. The lowest BCUT2D eigenvalue weighted by atomic mass is 9.98. The van der Waals surface area contributed by atoms with Gasteiger partial charge in [0, 0.05) is 0 Å². The van der Waals surface area contributed by atoms with Crippen molar-refractivity contribution >= 4 is 30.1 Å². The Bertz CT molecular complexity index is 440. The van der Waals surface area contributed by atoms with E-state index < -0.39 is 6.04 Å². The second-order valence-corrected chi connectivity index (χ2v) is 5.89. The van der Waals surface area contributed by atoms with Crippen molar-refractivity contribution in [1.29, 1.82) is 0 Å². The summed E-state index contributed by atoms with van der Waals surface area (Å²) >= 11 is 1.71. The molecule has 1 rings (SSSR count). The van der Waals surface area contributed by atoms with Gasteiger partial charge in [-0.05, 0) is 55.9 Å². The highest BCUT2D eigenvalue weighted by Gasteiger charge is 2.17. The van der Waals surface area contributed by atoms with Gasteiger partial charge >= 0.3 is 0 Å². The van der Waals surface area contributed by atoms with E-state index in [4.69, 9.17) is 5.73 Å². The molecule has 0 spiro atoms. The number of amides is 1. The van der Waals surface area contributed by atoms with Gasteiger partial charge in [0.05, 0.1) is 12.1 Å². The lowest BCUT2D eigenvalue weighted by Crippen LogP contribution is -2.42. The lowest BCUT2D eigenvalue weighted by molar-refractivity contribution is -0.123. The molecule has 0 saturated carbocycles. The zero-order chi connectivity index (χ0) is 14.4. The number of benzene rings is 1. The van der Waals surface area contributed by atoms with Crippen LogP contribution in [-0.4, -0.2) is 24.0 Å². The van der Waals surface area contributed by atoms with Crippen LogP contribution < -0.4 is 11.1 Å². The molecule has 0 bridgehead atoms. The molecular formula is C15H25ClN2OS. The number of rotatable bonds is 6. The molecule has 0 aromatic heterocycles. The summed E-state index contributed by atoms with van der Waals surface area (Å²) in [6, 6.07) is 5.74. The van der Waals surface area contributed by atoms with E-state index in [1.165, 1.54) is 11.1 Å². The first kappa shape index (κ1) is 19.3. The Labute approximate surface area is 132 Å². The highest BCUT2D eigenvalue weighted by molar-refractivity contribution is 7.98. The highest BCUT2D eigenvalue weighted by atomic mass is 35.5. The minimum absolute atomic E-state index is 0. The van der Waals surface area contributed by atoms with Gasteiger partial charge in [-0.3, -0.25) is 4.79 Å². The van der Waals surface area contributed by atoms with Crippen LogP contribution in [0.25, 0.3) is 0 Å². The van der Waals surface area contributed by atoms with Crippen LogP contribution in [0.4, 0.5) is 0 Å². The number of nitrogens with one attached hydrogen (secondary N) is 1. The zero-order valence-electron chi connectivity index (χ0n) is 12.6. The fourth-order valence-corrected chi connectivity index (χ4v) is 2.51. The zero-order valence-corrected chi connectivity index (χ0v) is 14.2. The molecule has 0 radical (unpaired) electrons. The molecule has 1 amide bonds. The van der Waals surface area contributed by atoms with Crippen molar-refractivity contribution in [1.82, 2.24) is 5.32 Å². The van der Waals surface area contributed by atoms with Crippen LogP contribution in [0.3, 0.4) is 0 Å². The second-order valence-electron chi connectivity index (χ2n) is 4.91. The van der Waals surface area contributed by atoms with Gasteiger partial charge < -0.3 is 11.1 Å². The van der Waals surface area contributed by atoms with Crippen molar-refractivity contribution in [3.63, 3.8) is 0 Å². The van der Waals surface area contributed by atoms with Gasteiger partial charge in [-0.15, -0.1) is 12.4 Å². The maximum Gasteiger partial charge on any atom is 0.237 e. The first-order valence-corrected chi connectivity index (χ1v) is 7.97. The molecule has 20 heavy (non-hydrogen) atoms. The average Bonchev–Trinajstić information content (AvgIpc) is 2.38. The Hall–Kier alpha value is -0.710. The van der Waals surface area contributed by atoms with Gasteiger partial charge in [-0.25, -0.2) is 0 Å². The summed E-state index contributed by atoms with van der Waals surface area (Å²) in [6.07, 6.45) is 2.73. The standard InChI is InChI=1S/C15H24N2OS.ClH/c1-10-6-5-7-13(11(10)2)12(3)17-15(18)14(16)8-9-19-4;/h5-7,12,14H,8-9,16H2,1-4H3,(H,17,18);1H/t12?,14-;/m0./s1. The van der Waals surface area contributed by atoms with Gasteiger partial charge in [0.15, 0.2) is 0 Å². The van der Waals surface area contributed by atoms with Crippen LogP contribution >= 0.6 is 24.2 Å². The van der Waals surface area contributed by atoms with E-state index in [0.29, 0.717) is 6.42 Å². The van der Waals surface area contributed by atoms with Crippen LogP contribution in [0.2, 0.25) is 0 Å². The Balaban J connectivity index is 0.00000361. The molecule has 1 unspecified atom stereocenters. The molecule has 0 fully saturated rings. The molecule has 2 atom stereocenters. The molecule has 1 aromatic rings. The van der Waals surface area contributed by atoms with E-state index in [1.54, 1.807) is 11.8 Å². The number of carbonyl (C=O) groups is 1. The summed E-state index contributed by atoms with van der Waals surface area (Å²) in [5, 5.41) is 3.00. The summed E-state index contributed by atoms with van der Waals surface area (Å²) in [7, 11) is 0. The van der Waals surface area contributed by atoms with Crippen molar-refractivity contribution in [3.05, 3.63) is 34.9 Å². The number of hydrogen-bond donors (Lipinski definition) is 2. The van der Waals surface area contributed by atoms with Gasteiger partial charge in [-0.1, -0.05) is 18.2 Å². The third-order valence-electron chi connectivity index (χ3n) is 3.44. The van der Waals surface area contributed by atoms with E-state index in [-0.39, 0.29) is 24.4 Å². The molecule has 3 nitrogen and oxygen atoms in total. The second kappa shape index (κ2) is 9.27. The summed E-state index contributed by atoms with van der Waals surface area (Å²) < 4.78 is 0. The maximum atomic E-state index is 12.0.